The van der Waals surface area contributed by atoms with E-state index in [9.17, 15) is 18.5 Å². The number of carbonyl (C=O) groups is 1. The molecular weight excluding hydrogens is 472 g/mol. The molecule has 0 aliphatic carbocycles. The van der Waals surface area contributed by atoms with Crippen LogP contribution < -0.4 is 4.72 Å². The summed E-state index contributed by atoms with van der Waals surface area (Å²) in [7, 11) is -4.08. The Morgan fingerprint density at radius 2 is 1.91 bits per heavy atom. The van der Waals surface area contributed by atoms with Crippen molar-refractivity contribution in [2.45, 2.75) is 43.8 Å². The summed E-state index contributed by atoms with van der Waals surface area (Å²) in [5.74, 6) is -0.298. The maximum Gasteiger partial charge on any atom is 0.243 e. The smallest absolute Gasteiger partial charge is 0.243 e. The second-order valence-corrected chi connectivity index (χ2v) is 10.4. The van der Waals surface area contributed by atoms with Gasteiger partial charge in [-0.25, -0.2) is 8.42 Å². The Labute approximate surface area is 204 Å². The third-order valence-electron chi connectivity index (χ3n) is 6.07. The molecule has 0 radical (unpaired) electrons. The number of sulfonamides is 1. The van der Waals surface area contributed by atoms with Gasteiger partial charge in [-0.3, -0.25) is 4.79 Å². The van der Waals surface area contributed by atoms with Crippen LogP contribution >= 0.6 is 11.6 Å². The molecule has 1 amide bonds. The molecule has 0 bridgehead atoms. The maximum atomic E-state index is 13.6. The van der Waals surface area contributed by atoms with Crippen LogP contribution in [0.4, 0.5) is 0 Å². The molecule has 1 aliphatic heterocycles. The average molecular weight is 497 g/mol. The van der Waals surface area contributed by atoms with Crippen molar-refractivity contribution >= 4 is 27.5 Å². The summed E-state index contributed by atoms with van der Waals surface area (Å²) in [6, 6.07) is 17.3. The van der Waals surface area contributed by atoms with Gasteiger partial charge in [-0.15, -0.1) is 0 Å². The molecule has 3 aromatic rings. The predicted octanol–water partition coefficient (Wildman–Crippen LogP) is 3.64. The molecule has 9 heteroatoms. The standard InChI is InChI=1S/C25H25ClN4O3S/c1-18-6-4-10-22(26)24(18)34(32,33)28-23(12-15-29-13-5-9-21(29)16-27)25(31)30-14-11-19-7-2-3-8-20(19)17-30/h2-10,13,23,28H,11-12,14-15,17H2,1H3. The van der Waals surface area contributed by atoms with Gasteiger partial charge in [0.1, 0.15) is 22.7 Å². The summed E-state index contributed by atoms with van der Waals surface area (Å²) >= 11 is 6.23. The first kappa shape index (κ1) is 24.0. The molecule has 1 atom stereocenters. The number of rotatable bonds is 7. The lowest BCUT2D eigenvalue weighted by atomic mass is 9.99. The fraction of sp³-hybridized carbons (Fsp3) is 0.280. The van der Waals surface area contributed by atoms with Gasteiger partial charge >= 0.3 is 0 Å². The normalized spacial score (nSPS) is 14.3. The van der Waals surface area contributed by atoms with Gasteiger partial charge in [0.15, 0.2) is 0 Å². The Balaban J connectivity index is 1.61. The fourth-order valence-corrected chi connectivity index (χ4v) is 6.37. The van der Waals surface area contributed by atoms with E-state index in [1.807, 2.05) is 24.3 Å². The maximum absolute atomic E-state index is 13.6. The SMILES string of the molecule is Cc1cccc(Cl)c1S(=O)(=O)NC(CCn1cccc1C#N)C(=O)N1CCc2ccccc2C1. The van der Waals surface area contributed by atoms with E-state index in [1.165, 1.54) is 11.6 Å². The lowest BCUT2D eigenvalue weighted by Crippen LogP contribution is -2.50. The molecule has 1 aliphatic rings. The highest BCUT2D eigenvalue weighted by Gasteiger charge is 2.32. The van der Waals surface area contributed by atoms with Crippen LogP contribution in [0.15, 0.2) is 65.7 Å². The topological polar surface area (TPSA) is 95.2 Å². The largest absolute Gasteiger partial charge is 0.339 e. The highest BCUT2D eigenvalue weighted by atomic mass is 35.5. The van der Waals surface area contributed by atoms with Crippen molar-refractivity contribution in [3.8, 4) is 6.07 Å². The summed E-state index contributed by atoms with van der Waals surface area (Å²) in [5, 5.41) is 9.40. The van der Waals surface area contributed by atoms with Crippen molar-refractivity contribution in [1.29, 1.82) is 5.26 Å². The van der Waals surface area contributed by atoms with E-state index >= 15 is 0 Å². The Bertz CT molecular complexity index is 1340. The van der Waals surface area contributed by atoms with Crippen LogP contribution in [-0.4, -0.2) is 36.4 Å². The van der Waals surface area contributed by atoms with E-state index in [0.29, 0.717) is 37.3 Å². The van der Waals surface area contributed by atoms with E-state index in [-0.39, 0.29) is 22.2 Å². The number of nitrogens with zero attached hydrogens (tertiary/aromatic N) is 3. The Hall–Kier alpha value is -3.12. The minimum absolute atomic E-state index is 0.0304. The van der Waals surface area contributed by atoms with E-state index in [1.54, 1.807) is 46.9 Å². The number of nitriles is 1. The molecule has 0 fully saturated rings. The number of fused-ring (bicyclic) bond motifs is 1. The summed E-state index contributed by atoms with van der Waals surface area (Å²) < 4.78 is 31.0. The third-order valence-corrected chi connectivity index (χ3v) is 8.17. The van der Waals surface area contributed by atoms with Crippen LogP contribution in [0.25, 0.3) is 0 Å². The van der Waals surface area contributed by atoms with Gasteiger partial charge in [-0.1, -0.05) is 48.0 Å². The van der Waals surface area contributed by atoms with Crippen molar-refractivity contribution in [1.82, 2.24) is 14.2 Å². The number of halogens is 1. The molecule has 2 aromatic carbocycles. The van der Waals surface area contributed by atoms with Gasteiger partial charge in [-0.05, 0) is 54.7 Å². The molecule has 34 heavy (non-hydrogen) atoms. The lowest BCUT2D eigenvalue weighted by molar-refractivity contribution is -0.134. The van der Waals surface area contributed by atoms with Gasteiger partial charge in [0, 0.05) is 25.8 Å². The van der Waals surface area contributed by atoms with Crippen LogP contribution in [0.5, 0.6) is 0 Å². The minimum atomic E-state index is -4.08. The second kappa shape index (κ2) is 10.0. The van der Waals surface area contributed by atoms with Gasteiger partial charge in [0.2, 0.25) is 15.9 Å². The number of hydrogen-bond donors (Lipinski definition) is 1. The van der Waals surface area contributed by atoms with Crippen molar-refractivity contribution in [3.63, 3.8) is 0 Å². The number of carbonyl (C=O) groups excluding carboxylic acids is 1. The first-order valence-electron chi connectivity index (χ1n) is 11.0. The molecule has 0 saturated carbocycles. The quantitative estimate of drug-likeness (QED) is 0.540. The van der Waals surface area contributed by atoms with Gasteiger partial charge in [-0.2, -0.15) is 9.98 Å². The Kier molecular flexibility index (Phi) is 7.08. The highest BCUT2D eigenvalue weighted by molar-refractivity contribution is 7.89. The number of hydrogen-bond acceptors (Lipinski definition) is 4. The fourth-order valence-electron chi connectivity index (χ4n) is 4.32. The van der Waals surface area contributed by atoms with E-state index in [2.05, 4.69) is 10.8 Å². The zero-order valence-corrected chi connectivity index (χ0v) is 20.3. The first-order valence-corrected chi connectivity index (χ1v) is 12.8. The molecule has 0 spiro atoms. The van der Waals surface area contributed by atoms with Crippen LogP contribution in [0, 0.1) is 18.3 Å². The average Bonchev–Trinajstić information content (AvgIpc) is 3.28. The molecule has 176 valence electrons. The number of aryl methyl sites for hydroxylation is 2. The van der Waals surface area contributed by atoms with Gasteiger partial charge in [0.25, 0.3) is 0 Å². The first-order chi connectivity index (χ1) is 16.3. The van der Waals surface area contributed by atoms with Crippen molar-refractivity contribution < 1.29 is 13.2 Å². The third kappa shape index (κ3) is 5.02. The van der Waals surface area contributed by atoms with Crippen LogP contribution in [0.3, 0.4) is 0 Å². The summed E-state index contributed by atoms with van der Waals surface area (Å²) in [6.45, 7) is 2.90. The summed E-state index contributed by atoms with van der Waals surface area (Å²) in [4.78, 5) is 15.3. The number of nitrogens with one attached hydrogen (secondary N) is 1. The van der Waals surface area contributed by atoms with Crippen molar-refractivity contribution in [3.05, 3.63) is 88.2 Å². The van der Waals surface area contributed by atoms with Crippen LogP contribution in [-0.2, 0) is 34.3 Å². The molecule has 1 aromatic heterocycles. The lowest BCUT2D eigenvalue weighted by Gasteiger charge is -2.32. The van der Waals surface area contributed by atoms with E-state index in [0.717, 1.165) is 5.56 Å². The number of aromatic nitrogens is 1. The van der Waals surface area contributed by atoms with Crippen LogP contribution in [0.1, 0.15) is 28.8 Å². The van der Waals surface area contributed by atoms with Crippen molar-refractivity contribution in [2.75, 3.05) is 6.54 Å². The number of amides is 1. The molecule has 1 N–H and O–H groups in total. The summed E-state index contributed by atoms with van der Waals surface area (Å²) in [5.41, 5.74) is 3.20. The minimum Gasteiger partial charge on any atom is -0.339 e. The zero-order chi connectivity index (χ0) is 24.3. The Morgan fingerprint density at radius 1 is 1.15 bits per heavy atom. The summed E-state index contributed by atoms with van der Waals surface area (Å²) in [6.07, 6.45) is 2.63. The number of benzene rings is 2. The van der Waals surface area contributed by atoms with E-state index in [4.69, 9.17) is 11.6 Å². The monoisotopic (exact) mass is 496 g/mol. The van der Waals surface area contributed by atoms with Crippen LogP contribution in [0.2, 0.25) is 5.02 Å². The van der Waals surface area contributed by atoms with Gasteiger partial charge < -0.3 is 9.47 Å². The molecule has 2 heterocycles. The van der Waals surface area contributed by atoms with E-state index < -0.39 is 16.1 Å². The molecule has 4 rings (SSSR count). The predicted molar refractivity (Wildman–Crippen MR) is 130 cm³/mol. The molecule has 1 unspecified atom stereocenters. The highest BCUT2D eigenvalue weighted by Crippen LogP contribution is 2.26. The van der Waals surface area contributed by atoms with Crippen molar-refractivity contribution in [2.24, 2.45) is 0 Å². The van der Waals surface area contributed by atoms with Gasteiger partial charge in [0.05, 0.1) is 5.02 Å². The molecule has 7 nitrogen and oxygen atoms in total. The molecule has 0 saturated heterocycles. The second-order valence-electron chi connectivity index (χ2n) is 8.33. The Morgan fingerprint density at radius 3 is 2.65 bits per heavy atom. The zero-order valence-electron chi connectivity index (χ0n) is 18.7. The molecular formula is C25H25ClN4O3S.